The normalized spacial score (nSPS) is 14.5. The number of hydrogen-bond donors (Lipinski definition) is 1. The van der Waals surface area contributed by atoms with Crippen LogP contribution in [-0.2, 0) is 7.05 Å². The smallest absolute Gasteiger partial charge is 0.128 e. The van der Waals surface area contributed by atoms with E-state index >= 15 is 0 Å². The molecule has 28 heavy (non-hydrogen) atoms. The summed E-state index contributed by atoms with van der Waals surface area (Å²) in [4.78, 5) is 11.9. The standard InChI is InChI=1S/C22H22N6/c1-27-15-17(14-25-27)20-7-6-19-18(3-2-4-21(19)26-20)16-5-8-22(24-13-16)28-11-9-23-10-12-28/h2-8,13-15,23H,9-12H2,1H3. The summed E-state index contributed by atoms with van der Waals surface area (Å²) in [6, 6.07) is 14.7. The van der Waals surface area contributed by atoms with Gasteiger partial charge in [-0.2, -0.15) is 5.10 Å². The van der Waals surface area contributed by atoms with Crippen molar-refractivity contribution in [2.45, 2.75) is 0 Å². The van der Waals surface area contributed by atoms with Gasteiger partial charge in [0, 0.05) is 62.1 Å². The molecule has 0 radical (unpaired) electrons. The topological polar surface area (TPSA) is 58.9 Å². The Balaban J connectivity index is 1.50. The van der Waals surface area contributed by atoms with Crippen LogP contribution in [0.1, 0.15) is 0 Å². The average molecular weight is 370 g/mol. The van der Waals surface area contributed by atoms with Gasteiger partial charge in [-0.25, -0.2) is 9.97 Å². The van der Waals surface area contributed by atoms with Crippen molar-refractivity contribution < 1.29 is 0 Å². The molecule has 0 saturated carbocycles. The Morgan fingerprint density at radius 3 is 2.57 bits per heavy atom. The third-order valence-corrected chi connectivity index (χ3v) is 5.23. The number of pyridine rings is 2. The van der Waals surface area contributed by atoms with E-state index in [1.807, 2.05) is 25.6 Å². The van der Waals surface area contributed by atoms with Crippen LogP contribution in [0.5, 0.6) is 0 Å². The Labute approximate surface area is 163 Å². The van der Waals surface area contributed by atoms with Crippen LogP contribution in [0.2, 0.25) is 0 Å². The van der Waals surface area contributed by atoms with Crippen molar-refractivity contribution in [3.05, 3.63) is 61.1 Å². The predicted molar refractivity (Wildman–Crippen MR) is 112 cm³/mol. The van der Waals surface area contributed by atoms with Crippen molar-refractivity contribution >= 4 is 16.7 Å². The number of aromatic nitrogens is 4. The highest BCUT2D eigenvalue weighted by molar-refractivity contribution is 5.95. The third-order valence-electron chi connectivity index (χ3n) is 5.23. The Bertz CT molecular complexity index is 1110. The highest BCUT2D eigenvalue weighted by atomic mass is 15.2. The number of anilines is 1. The molecule has 6 nitrogen and oxygen atoms in total. The molecule has 0 unspecified atom stereocenters. The van der Waals surface area contributed by atoms with Crippen molar-refractivity contribution in [1.29, 1.82) is 0 Å². The molecular formula is C22H22N6. The first-order valence-corrected chi connectivity index (χ1v) is 9.59. The van der Waals surface area contributed by atoms with Gasteiger partial charge in [0.15, 0.2) is 0 Å². The van der Waals surface area contributed by atoms with Crippen LogP contribution in [0, 0.1) is 0 Å². The van der Waals surface area contributed by atoms with E-state index in [4.69, 9.17) is 9.97 Å². The van der Waals surface area contributed by atoms with E-state index in [0.717, 1.165) is 65.3 Å². The maximum atomic E-state index is 4.85. The average Bonchev–Trinajstić information content (AvgIpc) is 3.20. The van der Waals surface area contributed by atoms with Crippen LogP contribution >= 0.6 is 0 Å². The van der Waals surface area contributed by atoms with Crippen molar-refractivity contribution in [2.24, 2.45) is 7.05 Å². The highest BCUT2D eigenvalue weighted by Crippen LogP contribution is 2.30. The SMILES string of the molecule is Cn1cc(-c2ccc3c(-c4ccc(N5CCNCC5)nc4)cccc3n2)cn1. The van der Waals surface area contributed by atoms with Gasteiger partial charge in [0.1, 0.15) is 5.82 Å². The lowest BCUT2D eigenvalue weighted by atomic mass is 10.0. The molecule has 1 fully saturated rings. The molecule has 5 rings (SSSR count). The van der Waals surface area contributed by atoms with Crippen LogP contribution < -0.4 is 10.2 Å². The van der Waals surface area contributed by atoms with E-state index in [1.165, 1.54) is 0 Å². The van der Waals surface area contributed by atoms with Gasteiger partial charge < -0.3 is 10.2 Å². The summed E-state index contributed by atoms with van der Waals surface area (Å²) in [5, 5.41) is 8.75. The zero-order valence-electron chi connectivity index (χ0n) is 15.8. The number of hydrogen-bond acceptors (Lipinski definition) is 5. The molecule has 4 heterocycles. The molecule has 1 aliphatic rings. The lowest BCUT2D eigenvalue weighted by Gasteiger charge is -2.28. The molecule has 0 aliphatic carbocycles. The molecule has 3 aromatic heterocycles. The lowest BCUT2D eigenvalue weighted by Crippen LogP contribution is -2.43. The fourth-order valence-electron chi connectivity index (χ4n) is 3.75. The zero-order valence-corrected chi connectivity index (χ0v) is 15.8. The van der Waals surface area contributed by atoms with Crippen LogP contribution in [0.3, 0.4) is 0 Å². The summed E-state index contributed by atoms with van der Waals surface area (Å²) in [6.07, 6.45) is 5.80. The van der Waals surface area contributed by atoms with E-state index < -0.39 is 0 Å². The number of rotatable bonds is 3. The fourth-order valence-corrected chi connectivity index (χ4v) is 3.75. The maximum Gasteiger partial charge on any atom is 0.128 e. The van der Waals surface area contributed by atoms with Gasteiger partial charge in [0.2, 0.25) is 0 Å². The minimum absolute atomic E-state index is 0.935. The molecule has 0 spiro atoms. The number of piperazine rings is 1. The number of nitrogens with zero attached hydrogens (tertiary/aromatic N) is 5. The predicted octanol–water partition coefficient (Wildman–Crippen LogP) is 3.11. The molecule has 1 aromatic carbocycles. The van der Waals surface area contributed by atoms with Gasteiger partial charge in [-0.1, -0.05) is 18.2 Å². The monoisotopic (exact) mass is 370 g/mol. The highest BCUT2D eigenvalue weighted by Gasteiger charge is 2.12. The Hall–Kier alpha value is -3.25. The van der Waals surface area contributed by atoms with E-state index in [1.54, 1.807) is 4.68 Å². The van der Waals surface area contributed by atoms with E-state index in [9.17, 15) is 0 Å². The summed E-state index contributed by atoms with van der Waals surface area (Å²) in [5.74, 6) is 1.04. The molecule has 0 amide bonds. The first-order chi connectivity index (χ1) is 13.8. The van der Waals surface area contributed by atoms with Crippen molar-refractivity contribution in [1.82, 2.24) is 25.1 Å². The molecule has 1 saturated heterocycles. The van der Waals surface area contributed by atoms with Crippen LogP contribution in [0.25, 0.3) is 33.3 Å². The van der Waals surface area contributed by atoms with E-state index in [-0.39, 0.29) is 0 Å². The van der Waals surface area contributed by atoms with Gasteiger partial charge in [-0.3, -0.25) is 4.68 Å². The van der Waals surface area contributed by atoms with Crippen molar-refractivity contribution in [3.63, 3.8) is 0 Å². The van der Waals surface area contributed by atoms with Crippen LogP contribution in [0.15, 0.2) is 61.1 Å². The molecule has 1 N–H and O–H groups in total. The summed E-state index contributed by atoms with van der Waals surface area (Å²) in [7, 11) is 1.92. The second kappa shape index (κ2) is 7.05. The molecule has 6 heteroatoms. The zero-order chi connectivity index (χ0) is 18.9. The van der Waals surface area contributed by atoms with E-state index in [0.29, 0.717) is 0 Å². The molecule has 4 aromatic rings. The van der Waals surface area contributed by atoms with Crippen molar-refractivity contribution in [2.75, 3.05) is 31.1 Å². The Morgan fingerprint density at radius 2 is 1.82 bits per heavy atom. The minimum Gasteiger partial charge on any atom is -0.354 e. The van der Waals surface area contributed by atoms with E-state index in [2.05, 4.69) is 57.8 Å². The first-order valence-electron chi connectivity index (χ1n) is 9.59. The number of benzene rings is 1. The molecule has 0 atom stereocenters. The summed E-state index contributed by atoms with van der Waals surface area (Å²) >= 11 is 0. The number of aryl methyl sites for hydroxylation is 1. The molecule has 140 valence electrons. The largest absolute Gasteiger partial charge is 0.354 e. The quantitative estimate of drug-likeness (QED) is 0.600. The van der Waals surface area contributed by atoms with Gasteiger partial charge in [0.25, 0.3) is 0 Å². The van der Waals surface area contributed by atoms with Gasteiger partial charge in [-0.15, -0.1) is 0 Å². The van der Waals surface area contributed by atoms with Gasteiger partial charge in [0.05, 0.1) is 17.4 Å². The van der Waals surface area contributed by atoms with Crippen molar-refractivity contribution in [3.8, 4) is 22.4 Å². The van der Waals surface area contributed by atoms with Gasteiger partial charge >= 0.3 is 0 Å². The molecular weight excluding hydrogens is 348 g/mol. The van der Waals surface area contributed by atoms with Gasteiger partial charge in [-0.05, 0) is 29.8 Å². The number of fused-ring (bicyclic) bond motifs is 1. The lowest BCUT2D eigenvalue weighted by molar-refractivity contribution is 0.585. The van der Waals surface area contributed by atoms with Crippen LogP contribution in [-0.4, -0.2) is 45.9 Å². The second-order valence-electron chi connectivity index (χ2n) is 7.11. The fraction of sp³-hybridized carbons (Fsp3) is 0.227. The van der Waals surface area contributed by atoms with Crippen LogP contribution in [0.4, 0.5) is 5.82 Å². The summed E-state index contributed by atoms with van der Waals surface area (Å²) < 4.78 is 1.79. The summed E-state index contributed by atoms with van der Waals surface area (Å²) in [5.41, 5.74) is 5.20. The Kier molecular flexibility index (Phi) is 4.25. The first kappa shape index (κ1) is 16.9. The number of nitrogens with one attached hydrogen (secondary N) is 1. The second-order valence-corrected chi connectivity index (χ2v) is 7.11. The third kappa shape index (κ3) is 3.12. The molecule has 1 aliphatic heterocycles. The Morgan fingerprint density at radius 1 is 0.929 bits per heavy atom. The summed E-state index contributed by atoms with van der Waals surface area (Å²) in [6.45, 7) is 4.03. The minimum atomic E-state index is 0.935. The maximum absolute atomic E-state index is 4.85. The molecule has 0 bridgehead atoms.